The van der Waals surface area contributed by atoms with E-state index in [1.165, 1.54) is 17.4 Å². The summed E-state index contributed by atoms with van der Waals surface area (Å²) >= 11 is 1.40. The van der Waals surface area contributed by atoms with Crippen LogP contribution in [0.2, 0.25) is 0 Å². The van der Waals surface area contributed by atoms with Crippen LogP contribution in [0.1, 0.15) is 26.7 Å². The first kappa shape index (κ1) is 16.7. The molecule has 0 aliphatic heterocycles. The summed E-state index contributed by atoms with van der Waals surface area (Å²) in [4.78, 5) is 20.4. The van der Waals surface area contributed by atoms with Crippen LogP contribution in [0, 0.1) is 5.82 Å². The Morgan fingerprint density at radius 2 is 1.95 bits per heavy atom. The minimum Gasteiger partial charge on any atom is -0.342 e. The average Bonchev–Trinajstić information content (AvgIpc) is 2.92. The number of hydrogen-bond donors (Lipinski definition) is 0. The summed E-state index contributed by atoms with van der Waals surface area (Å²) in [5.74, 6) is -0.232. The normalized spacial score (nSPS) is 10.9. The summed E-state index contributed by atoms with van der Waals surface area (Å²) in [6.45, 7) is 5.94. The first-order valence-corrected chi connectivity index (χ1v) is 8.42. The molecular weight excluding hydrogens is 301 g/mol. The molecular formula is C16H22FN3OS. The van der Waals surface area contributed by atoms with E-state index in [9.17, 15) is 9.18 Å². The topological polar surface area (TPSA) is 36.4 Å². The second-order valence-corrected chi connectivity index (χ2v) is 6.33. The zero-order chi connectivity index (χ0) is 16.1. The lowest BCUT2D eigenvalue weighted by Crippen LogP contribution is -2.39. The van der Waals surface area contributed by atoms with Crippen LogP contribution in [0.15, 0.2) is 18.2 Å². The molecule has 0 bridgehead atoms. The molecule has 4 nitrogen and oxygen atoms in total. The Kier molecular flexibility index (Phi) is 5.71. The molecule has 0 saturated heterocycles. The Morgan fingerprint density at radius 3 is 2.55 bits per heavy atom. The molecule has 0 radical (unpaired) electrons. The fourth-order valence-electron chi connectivity index (χ4n) is 2.34. The van der Waals surface area contributed by atoms with Gasteiger partial charge < -0.3 is 9.80 Å². The minimum absolute atomic E-state index is 0.0888. The molecule has 0 unspecified atom stereocenters. The van der Waals surface area contributed by atoms with Crippen molar-refractivity contribution in [2.24, 2.45) is 0 Å². The maximum atomic E-state index is 13.7. The standard InChI is InChI=1S/C16H22FN3OS/c1-4-9-20(10-5-2)14(21)11-19(3)16-18-15-12(17)7-6-8-13(15)22-16/h6-8H,4-5,9-11H2,1-3H3. The van der Waals surface area contributed by atoms with Gasteiger partial charge >= 0.3 is 0 Å². The molecule has 0 atom stereocenters. The molecule has 1 aromatic carbocycles. The molecule has 0 spiro atoms. The van der Waals surface area contributed by atoms with Crippen molar-refractivity contribution in [3.63, 3.8) is 0 Å². The number of halogens is 1. The highest BCUT2D eigenvalue weighted by atomic mass is 32.1. The molecule has 0 aliphatic carbocycles. The Hall–Kier alpha value is -1.69. The molecule has 0 saturated carbocycles. The molecule has 0 fully saturated rings. The summed E-state index contributed by atoms with van der Waals surface area (Å²) < 4.78 is 14.5. The monoisotopic (exact) mass is 323 g/mol. The van der Waals surface area contributed by atoms with Gasteiger partial charge in [-0.05, 0) is 25.0 Å². The van der Waals surface area contributed by atoms with Crippen LogP contribution in [0.25, 0.3) is 10.2 Å². The van der Waals surface area contributed by atoms with Crippen molar-refractivity contribution in [3.05, 3.63) is 24.0 Å². The van der Waals surface area contributed by atoms with Gasteiger partial charge in [-0.1, -0.05) is 31.3 Å². The number of likely N-dealkylation sites (N-methyl/N-ethyl adjacent to an activating group) is 1. The van der Waals surface area contributed by atoms with Crippen LogP contribution in [0.4, 0.5) is 9.52 Å². The van der Waals surface area contributed by atoms with Crippen molar-refractivity contribution in [2.45, 2.75) is 26.7 Å². The zero-order valence-corrected chi connectivity index (χ0v) is 14.1. The number of thiazole rings is 1. The number of carbonyl (C=O) groups is 1. The summed E-state index contributed by atoms with van der Waals surface area (Å²) in [5, 5.41) is 0.668. The Labute approximate surface area is 134 Å². The van der Waals surface area contributed by atoms with Crippen LogP contribution in [-0.4, -0.2) is 42.5 Å². The Morgan fingerprint density at radius 1 is 1.27 bits per heavy atom. The fraction of sp³-hybridized carbons (Fsp3) is 0.500. The van der Waals surface area contributed by atoms with Crippen LogP contribution in [-0.2, 0) is 4.79 Å². The third-order valence-electron chi connectivity index (χ3n) is 3.40. The van der Waals surface area contributed by atoms with Crippen molar-refractivity contribution in [2.75, 3.05) is 31.6 Å². The van der Waals surface area contributed by atoms with Gasteiger partial charge in [0.25, 0.3) is 0 Å². The number of para-hydroxylation sites is 1. The van der Waals surface area contributed by atoms with E-state index in [2.05, 4.69) is 18.8 Å². The zero-order valence-electron chi connectivity index (χ0n) is 13.3. The van der Waals surface area contributed by atoms with Gasteiger partial charge in [0.15, 0.2) is 5.13 Å². The fourth-order valence-corrected chi connectivity index (χ4v) is 3.28. The number of carbonyl (C=O) groups excluding carboxylic acids is 1. The summed E-state index contributed by atoms with van der Waals surface area (Å²) in [7, 11) is 1.82. The van der Waals surface area contributed by atoms with Gasteiger partial charge in [0.2, 0.25) is 5.91 Å². The Balaban J connectivity index is 2.11. The number of anilines is 1. The van der Waals surface area contributed by atoms with E-state index in [1.54, 1.807) is 11.0 Å². The predicted octanol–water partition coefficient (Wildman–Crippen LogP) is 3.52. The van der Waals surface area contributed by atoms with Crippen LogP contribution >= 0.6 is 11.3 Å². The van der Waals surface area contributed by atoms with Crippen molar-refractivity contribution < 1.29 is 9.18 Å². The highest BCUT2D eigenvalue weighted by Crippen LogP contribution is 2.29. The van der Waals surface area contributed by atoms with Crippen molar-refractivity contribution in [3.8, 4) is 0 Å². The second kappa shape index (κ2) is 7.54. The lowest BCUT2D eigenvalue weighted by Gasteiger charge is -2.24. The van der Waals surface area contributed by atoms with Crippen molar-refractivity contribution in [1.29, 1.82) is 0 Å². The second-order valence-electron chi connectivity index (χ2n) is 5.32. The molecule has 6 heteroatoms. The first-order chi connectivity index (χ1) is 10.6. The SMILES string of the molecule is CCCN(CCC)C(=O)CN(C)c1nc2c(F)cccc2s1. The predicted molar refractivity (Wildman–Crippen MR) is 90.0 cm³/mol. The summed E-state index contributed by atoms with van der Waals surface area (Å²) in [6, 6.07) is 4.92. The maximum Gasteiger partial charge on any atom is 0.242 e. The first-order valence-electron chi connectivity index (χ1n) is 7.60. The van der Waals surface area contributed by atoms with E-state index >= 15 is 0 Å². The highest BCUT2D eigenvalue weighted by molar-refractivity contribution is 7.22. The lowest BCUT2D eigenvalue weighted by atomic mass is 10.3. The van der Waals surface area contributed by atoms with Gasteiger partial charge in [0, 0.05) is 20.1 Å². The molecule has 0 N–H and O–H groups in total. The number of amides is 1. The molecule has 1 heterocycles. The van der Waals surface area contributed by atoms with Gasteiger partial charge in [-0.15, -0.1) is 0 Å². The number of rotatable bonds is 7. The molecule has 0 aliphatic rings. The minimum atomic E-state index is -0.321. The van der Waals surface area contributed by atoms with Crippen LogP contribution < -0.4 is 4.90 Å². The van der Waals surface area contributed by atoms with Crippen LogP contribution in [0.3, 0.4) is 0 Å². The Bertz CT molecular complexity index is 637. The molecule has 22 heavy (non-hydrogen) atoms. The van der Waals surface area contributed by atoms with E-state index in [-0.39, 0.29) is 18.3 Å². The molecule has 2 rings (SSSR count). The number of hydrogen-bond acceptors (Lipinski definition) is 4. The van der Waals surface area contributed by atoms with Crippen molar-refractivity contribution >= 4 is 32.6 Å². The van der Waals surface area contributed by atoms with Gasteiger partial charge in [0.1, 0.15) is 11.3 Å². The van der Waals surface area contributed by atoms with E-state index in [0.717, 1.165) is 30.6 Å². The van der Waals surface area contributed by atoms with Crippen LogP contribution in [0.5, 0.6) is 0 Å². The number of fused-ring (bicyclic) bond motifs is 1. The molecule has 120 valence electrons. The molecule has 1 amide bonds. The lowest BCUT2D eigenvalue weighted by molar-refractivity contribution is -0.129. The summed E-state index contributed by atoms with van der Waals surface area (Å²) in [6.07, 6.45) is 1.89. The van der Waals surface area contributed by atoms with E-state index in [1.807, 2.05) is 18.0 Å². The maximum absolute atomic E-state index is 13.7. The highest BCUT2D eigenvalue weighted by Gasteiger charge is 2.17. The van der Waals surface area contributed by atoms with E-state index in [4.69, 9.17) is 0 Å². The van der Waals surface area contributed by atoms with Gasteiger partial charge in [-0.2, -0.15) is 0 Å². The van der Waals surface area contributed by atoms with Gasteiger partial charge in [-0.25, -0.2) is 9.37 Å². The average molecular weight is 323 g/mol. The van der Waals surface area contributed by atoms with E-state index < -0.39 is 0 Å². The molecule has 1 aromatic heterocycles. The molecule has 2 aromatic rings. The van der Waals surface area contributed by atoms with Gasteiger partial charge in [-0.3, -0.25) is 4.79 Å². The number of nitrogens with zero attached hydrogens (tertiary/aromatic N) is 3. The third kappa shape index (κ3) is 3.74. The number of benzene rings is 1. The van der Waals surface area contributed by atoms with E-state index in [0.29, 0.717) is 10.6 Å². The summed E-state index contributed by atoms with van der Waals surface area (Å²) in [5.41, 5.74) is 0.376. The number of aromatic nitrogens is 1. The largest absolute Gasteiger partial charge is 0.342 e. The quantitative estimate of drug-likeness (QED) is 0.782. The van der Waals surface area contributed by atoms with Gasteiger partial charge in [0.05, 0.1) is 11.2 Å². The third-order valence-corrected chi connectivity index (χ3v) is 4.53. The smallest absolute Gasteiger partial charge is 0.242 e. The van der Waals surface area contributed by atoms with Crippen molar-refractivity contribution in [1.82, 2.24) is 9.88 Å².